The molecule has 2 heterocycles. The van der Waals surface area contributed by atoms with E-state index in [9.17, 15) is 0 Å². The van der Waals surface area contributed by atoms with Crippen molar-refractivity contribution in [1.82, 2.24) is 0 Å². The fourth-order valence-electron chi connectivity index (χ4n) is 8.05. The average Bonchev–Trinajstić information content (AvgIpc) is 3.15. The smallest absolute Gasteiger partial charge is 0.199 e. The largest absolute Gasteiger partial charge is 0.495 e. The van der Waals surface area contributed by atoms with Crippen LogP contribution in [0.5, 0.6) is 0 Å². The van der Waals surface area contributed by atoms with Gasteiger partial charge in [0.05, 0.1) is 31.2 Å². The molecule has 10 heteroatoms. The maximum absolute atomic E-state index is 7.64. The maximum Gasteiger partial charge on any atom is 0.199 e. The van der Waals surface area contributed by atoms with Crippen LogP contribution in [0.4, 0.5) is 0 Å². The zero-order chi connectivity index (χ0) is 39.5. The zero-order valence-electron chi connectivity index (χ0n) is 36.4. The van der Waals surface area contributed by atoms with Crippen molar-refractivity contribution in [3.63, 3.8) is 0 Å². The standard InChI is InChI=1S/C43H80O7Si3/c1-15-52(16-2,17-3)49-38-29-31-46-40(35(38)8)41(50-53(18-4,19-5)20-6)43(44-12)32-39(48-51(13,14)42(9,10)11)34(7)37(47-43)28-24-25-30-45-33-36-26-22-21-23-27-36/h21-23,26-27,29,31,34-35,37-41H,15-20,24-25,28,30,32-33H2,1-14H3/t34-,35+,37+,38-,39-,40+,41-,43+/m0/s1. The number of methoxy groups -OCH3 is 1. The lowest BCUT2D eigenvalue weighted by Crippen LogP contribution is -2.67. The first kappa shape index (κ1) is 46.6. The molecule has 2 aliphatic heterocycles. The molecule has 1 aromatic rings. The fourth-order valence-corrected chi connectivity index (χ4v) is 15.2. The fraction of sp³-hybridized carbons (Fsp3) is 0.814. The van der Waals surface area contributed by atoms with Gasteiger partial charge in [-0.1, -0.05) is 106 Å². The minimum absolute atomic E-state index is 0.0437. The van der Waals surface area contributed by atoms with Crippen molar-refractivity contribution in [3.05, 3.63) is 48.2 Å². The number of ether oxygens (including phenoxy) is 4. The molecule has 0 aliphatic carbocycles. The Morgan fingerprint density at radius 3 is 1.98 bits per heavy atom. The van der Waals surface area contributed by atoms with Gasteiger partial charge in [0.15, 0.2) is 30.7 Å². The molecule has 0 saturated carbocycles. The molecule has 0 spiro atoms. The molecular weight excluding hydrogens is 713 g/mol. The second-order valence-electron chi connectivity index (χ2n) is 17.6. The normalized spacial score (nSPS) is 27.8. The van der Waals surface area contributed by atoms with E-state index in [2.05, 4.69) is 120 Å². The molecule has 0 unspecified atom stereocenters. The van der Waals surface area contributed by atoms with Crippen LogP contribution in [0.25, 0.3) is 0 Å². The van der Waals surface area contributed by atoms with Gasteiger partial charge in [0.25, 0.3) is 0 Å². The number of hydrogen-bond donors (Lipinski definition) is 0. The van der Waals surface area contributed by atoms with Crippen LogP contribution in [-0.2, 0) is 38.8 Å². The monoisotopic (exact) mass is 793 g/mol. The number of rotatable bonds is 22. The van der Waals surface area contributed by atoms with Gasteiger partial charge in [-0.3, -0.25) is 0 Å². The Hall–Kier alpha value is -0.829. The Morgan fingerprint density at radius 2 is 1.43 bits per heavy atom. The Balaban J connectivity index is 2.02. The highest BCUT2D eigenvalue weighted by Crippen LogP contribution is 2.48. The highest BCUT2D eigenvalue weighted by molar-refractivity contribution is 6.74. The molecule has 0 amide bonds. The van der Waals surface area contributed by atoms with Crippen LogP contribution >= 0.6 is 0 Å². The van der Waals surface area contributed by atoms with Crippen molar-refractivity contribution in [1.29, 1.82) is 0 Å². The first-order chi connectivity index (χ1) is 25.0. The quantitative estimate of drug-likeness (QED) is 0.0856. The summed E-state index contributed by atoms with van der Waals surface area (Å²) in [6.07, 6.45) is 6.57. The van der Waals surface area contributed by atoms with E-state index < -0.39 is 36.8 Å². The third-order valence-electron chi connectivity index (χ3n) is 13.6. The number of benzene rings is 1. The summed E-state index contributed by atoms with van der Waals surface area (Å²) in [6, 6.07) is 16.8. The van der Waals surface area contributed by atoms with Crippen LogP contribution in [0.2, 0.25) is 54.4 Å². The molecule has 1 saturated heterocycles. The molecule has 306 valence electrons. The molecule has 1 fully saturated rings. The minimum atomic E-state index is -2.18. The van der Waals surface area contributed by atoms with Gasteiger partial charge in [0.1, 0.15) is 12.2 Å². The molecule has 0 N–H and O–H groups in total. The Bertz CT molecular complexity index is 1200. The lowest BCUT2D eigenvalue weighted by Gasteiger charge is -2.55. The number of unbranched alkanes of at least 4 members (excludes halogenated alkanes) is 1. The van der Waals surface area contributed by atoms with E-state index in [4.69, 9.17) is 32.2 Å². The van der Waals surface area contributed by atoms with Crippen LogP contribution in [0, 0.1) is 11.8 Å². The highest BCUT2D eigenvalue weighted by Gasteiger charge is 2.59. The van der Waals surface area contributed by atoms with Crippen molar-refractivity contribution in [3.8, 4) is 0 Å². The van der Waals surface area contributed by atoms with Gasteiger partial charge in [0.2, 0.25) is 0 Å². The third kappa shape index (κ3) is 11.6. The van der Waals surface area contributed by atoms with Gasteiger partial charge in [-0.25, -0.2) is 0 Å². The SMILES string of the molecule is CC[Si](CC)(CC)O[C@H]1C=CO[C@@H]([C@H](O[Si](CC)(CC)CC)[C@@]2(OC)C[C@H](O[Si](C)(C)C(C)(C)C)[C@@H](C)[C@@H](CCCCOCc3ccccc3)O2)[C@@H]1C. The maximum atomic E-state index is 7.64. The van der Waals surface area contributed by atoms with Gasteiger partial charge in [-0.2, -0.15) is 0 Å². The van der Waals surface area contributed by atoms with E-state index >= 15 is 0 Å². The molecule has 0 bridgehead atoms. The molecule has 7 nitrogen and oxygen atoms in total. The molecule has 1 aromatic carbocycles. The number of hydrogen-bond acceptors (Lipinski definition) is 7. The van der Waals surface area contributed by atoms with E-state index in [1.165, 1.54) is 5.56 Å². The summed E-state index contributed by atoms with van der Waals surface area (Å²) >= 11 is 0. The Kier molecular flexibility index (Phi) is 18.0. The van der Waals surface area contributed by atoms with Crippen molar-refractivity contribution in [2.45, 2.75) is 199 Å². The first-order valence-corrected chi connectivity index (χ1v) is 29.2. The summed E-state index contributed by atoms with van der Waals surface area (Å²) < 4.78 is 49.2. The first-order valence-electron chi connectivity index (χ1n) is 21.2. The molecule has 0 radical (unpaired) electrons. The van der Waals surface area contributed by atoms with E-state index in [1.54, 1.807) is 0 Å². The summed E-state index contributed by atoms with van der Waals surface area (Å²) in [5, 5.41) is 0.0709. The van der Waals surface area contributed by atoms with Gasteiger partial charge in [-0.15, -0.1) is 0 Å². The second-order valence-corrected chi connectivity index (χ2v) is 31.8. The molecule has 2 aliphatic rings. The van der Waals surface area contributed by atoms with Gasteiger partial charge < -0.3 is 32.2 Å². The van der Waals surface area contributed by atoms with Gasteiger partial charge >= 0.3 is 0 Å². The Morgan fingerprint density at radius 1 is 0.830 bits per heavy atom. The van der Waals surface area contributed by atoms with Gasteiger partial charge in [0, 0.05) is 32.0 Å². The van der Waals surface area contributed by atoms with Crippen molar-refractivity contribution in [2.75, 3.05) is 13.7 Å². The third-order valence-corrected chi connectivity index (χ3v) is 27.4. The predicted octanol–water partition coefficient (Wildman–Crippen LogP) is 11.9. The van der Waals surface area contributed by atoms with Crippen molar-refractivity contribution >= 4 is 25.0 Å². The summed E-state index contributed by atoms with van der Waals surface area (Å²) in [5.41, 5.74) is 1.21. The van der Waals surface area contributed by atoms with E-state index in [1.807, 2.05) is 19.4 Å². The van der Waals surface area contributed by atoms with Crippen LogP contribution < -0.4 is 0 Å². The van der Waals surface area contributed by atoms with E-state index in [-0.39, 0.29) is 41.3 Å². The van der Waals surface area contributed by atoms with Crippen molar-refractivity contribution in [2.24, 2.45) is 11.8 Å². The summed E-state index contributed by atoms with van der Waals surface area (Å²) in [6.45, 7) is 31.5. The second kappa shape index (κ2) is 20.5. The Labute approximate surface area is 329 Å². The molecule has 3 rings (SSSR count). The summed E-state index contributed by atoms with van der Waals surface area (Å²) in [5.74, 6) is -0.807. The van der Waals surface area contributed by atoms with Gasteiger partial charge in [-0.05, 0) is 85.3 Å². The molecule has 53 heavy (non-hydrogen) atoms. The van der Waals surface area contributed by atoms with E-state index in [0.717, 1.165) is 62.1 Å². The van der Waals surface area contributed by atoms with E-state index in [0.29, 0.717) is 13.0 Å². The average molecular weight is 793 g/mol. The molecular formula is C43H80O7Si3. The van der Waals surface area contributed by atoms with Crippen LogP contribution in [0.3, 0.4) is 0 Å². The topological polar surface area (TPSA) is 64.6 Å². The lowest BCUT2D eigenvalue weighted by molar-refractivity contribution is -0.344. The van der Waals surface area contributed by atoms with Crippen LogP contribution in [0.1, 0.15) is 107 Å². The minimum Gasteiger partial charge on any atom is -0.495 e. The van der Waals surface area contributed by atoms with Crippen LogP contribution in [-0.4, -0.2) is 75.0 Å². The summed E-state index contributed by atoms with van der Waals surface area (Å²) in [7, 11) is -4.40. The molecule has 8 atom stereocenters. The predicted molar refractivity (Wildman–Crippen MR) is 228 cm³/mol. The highest BCUT2D eigenvalue weighted by atomic mass is 28.4. The molecule has 0 aromatic heterocycles. The zero-order valence-corrected chi connectivity index (χ0v) is 39.4. The van der Waals surface area contributed by atoms with Crippen molar-refractivity contribution < 1.29 is 32.2 Å². The summed E-state index contributed by atoms with van der Waals surface area (Å²) in [4.78, 5) is 0. The lowest BCUT2D eigenvalue weighted by atomic mass is 9.81. The van der Waals surface area contributed by atoms with Crippen LogP contribution in [0.15, 0.2) is 42.7 Å².